The van der Waals surface area contributed by atoms with E-state index in [4.69, 9.17) is 4.74 Å². The molecule has 1 rings (SSSR count). The summed E-state index contributed by atoms with van der Waals surface area (Å²) in [5, 5.41) is 3.76. The molecule has 1 unspecified atom stereocenters. The van der Waals surface area contributed by atoms with Gasteiger partial charge in [-0.3, -0.25) is 0 Å². The van der Waals surface area contributed by atoms with Crippen molar-refractivity contribution in [2.75, 3.05) is 20.3 Å². The molecule has 1 atom stereocenters. The molecule has 0 aliphatic heterocycles. The molecule has 1 aromatic rings. The Balaban J connectivity index is 2.57. The predicted molar refractivity (Wildman–Crippen MR) is 87.0 cm³/mol. The van der Waals surface area contributed by atoms with Gasteiger partial charge in [-0.1, -0.05) is 63.9 Å². The second-order valence-electron chi connectivity index (χ2n) is 6.39. The van der Waals surface area contributed by atoms with Crippen LogP contribution in [-0.2, 0) is 4.74 Å². The lowest BCUT2D eigenvalue weighted by molar-refractivity contribution is 0.148. The molecule has 20 heavy (non-hydrogen) atoms. The molecule has 2 heteroatoms. The third-order valence-corrected chi connectivity index (χ3v) is 3.86. The minimum atomic E-state index is 0.273. The molecule has 0 radical (unpaired) electrons. The van der Waals surface area contributed by atoms with Crippen molar-refractivity contribution >= 4 is 0 Å². The Labute approximate surface area is 124 Å². The number of hydrogen-bond acceptors (Lipinski definition) is 2. The Morgan fingerprint density at radius 1 is 1.20 bits per heavy atom. The van der Waals surface area contributed by atoms with Gasteiger partial charge in [0.1, 0.15) is 0 Å². The number of nitrogens with one attached hydrogen (secondary N) is 1. The maximum absolute atomic E-state index is 5.21. The number of ether oxygens (including phenoxy) is 1. The highest BCUT2D eigenvalue weighted by Crippen LogP contribution is 2.24. The molecule has 0 spiro atoms. The lowest BCUT2D eigenvalue weighted by Gasteiger charge is -2.28. The van der Waals surface area contributed by atoms with Gasteiger partial charge in [0.2, 0.25) is 0 Å². The highest BCUT2D eigenvalue weighted by atomic mass is 16.5. The van der Waals surface area contributed by atoms with Gasteiger partial charge in [0.15, 0.2) is 0 Å². The quantitative estimate of drug-likeness (QED) is 0.676. The summed E-state index contributed by atoms with van der Waals surface area (Å²) in [4.78, 5) is 0. The standard InChI is InChI=1S/C18H31NO/c1-5-6-12-17(16-10-8-7-9-11-16)19-15-18(2,3)13-14-20-4/h7-11,17,19H,5-6,12-15H2,1-4H3. The van der Waals surface area contributed by atoms with Crippen LogP contribution < -0.4 is 5.32 Å². The van der Waals surface area contributed by atoms with Crippen LogP contribution in [0.3, 0.4) is 0 Å². The molecule has 0 aliphatic carbocycles. The summed E-state index contributed by atoms with van der Waals surface area (Å²) in [6.07, 6.45) is 4.82. The van der Waals surface area contributed by atoms with Crippen molar-refractivity contribution in [3.63, 3.8) is 0 Å². The van der Waals surface area contributed by atoms with Crippen molar-refractivity contribution in [3.8, 4) is 0 Å². The average molecular weight is 277 g/mol. The Bertz CT molecular complexity index is 348. The largest absolute Gasteiger partial charge is 0.385 e. The number of benzene rings is 1. The Morgan fingerprint density at radius 2 is 1.90 bits per heavy atom. The van der Waals surface area contributed by atoms with Crippen LogP contribution in [0, 0.1) is 5.41 Å². The van der Waals surface area contributed by atoms with Crippen molar-refractivity contribution < 1.29 is 4.74 Å². The molecule has 2 nitrogen and oxygen atoms in total. The van der Waals surface area contributed by atoms with Crippen molar-refractivity contribution in [1.29, 1.82) is 0 Å². The summed E-state index contributed by atoms with van der Waals surface area (Å²) >= 11 is 0. The monoisotopic (exact) mass is 277 g/mol. The third-order valence-electron chi connectivity index (χ3n) is 3.86. The van der Waals surface area contributed by atoms with E-state index in [0.29, 0.717) is 6.04 Å². The van der Waals surface area contributed by atoms with Crippen molar-refractivity contribution in [2.24, 2.45) is 5.41 Å². The van der Waals surface area contributed by atoms with E-state index in [1.54, 1.807) is 7.11 Å². The van der Waals surface area contributed by atoms with Crippen molar-refractivity contribution in [1.82, 2.24) is 5.32 Å². The lowest BCUT2D eigenvalue weighted by Crippen LogP contribution is -2.33. The zero-order valence-corrected chi connectivity index (χ0v) is 13.6. The van der Waals surface area contributed by atoms with Gasteiger partial charge in [0, 0.05) is 26.3 Å². The topological polar surface area (TPSA) is 21.3 Å². The van der Waals surface area contributed by atoms with E-state index < -0.39 is 0 Å². The van der Waals surface area contributed by atoms with Crippen LogP contribution in [0.25, 0.3) is 0 Å². The molecule has 0 bridgehead atoms. The maximum atomic E-state index is 5.21. The average Bonchev–Trinajstić information content (AvgIpc) is 2.46. The van der Waals surface area contributed by atoms with Crippen molar-refractivity contribution in [3.05, 3.63) is 35.9 Å². The van der Waals surface area contributed by atoms with Gasteiger partial charge in [-0.2, -0.15) is 0 Å². The fraction of sp³-hybridized carbons (Fsp3) is 0.667. The van der Waals surface area contributed by atoms with Crippen molar-refractivity contribution in [2.45, 2.75) is 52.5 Å². The van der Waals surface area contributed by atoms with Gasteiger partial charge in [0.25, 0.3) is 0 Å². The number of hydrogen-bond donors (Lipinski definition) is 1. The first-order valence-corrected chi connectivity index (χ1v) is 7.86. The number of unbranched alkanes of at least 4 members (excludes halogenated alkanes) is 1. The van der Waals surface area contributed by atoms with Crippen LogP contribution in [0.2, 0.25) is 0 Å². The molecule has 0 amide bonds. The molecule has 0 heterocycles. The highest BCUT2D eigenvalue weighted by molar-refractivity contribution is 5.18. The second-order valence-corrected chi connectivity index (χ2v) is 6.39. The summed E-state index contributed by atoms with van der Waals surface area (Å²) < 4.78 is 5.21. The molecule has 0 aliphatic rings. The molecular formula is C18H31NO. The van der Waals surface area contributed by atoms with Gasteiger partial charge >= 0.3 is 0 Å². The number of methoxy groups -OCH3 is 1. The number of rotatable bonds is 10. The predicted octanol–water partition coefficient (Wildman–Crippen LogP) is 4.57. The first-order valence-electron chi connectivity index (χ1n) is 7.86. The molecule has 1 N–H and O–H groups in total. The van der Waals surface area contributed by atoms with Gasteiger partial charge in [-0.15, -0.1) is 0 Å². The summed E-state index contributed by atoms with van der Waals surface area (Å²) in [6.45, 7) is 8.73. The van der Waals surface area contributed by atoms with E-state index >= 15 is 0 Å². The molecule has 0 aromatic heterocycles. The van der Waals surface area contributed by atoms with Crippen LogP contribution in [0.15, 0.2) is 30.3 Å². The molecule has 0 saturated carbocycles. The van der Waals surface area contributed by atoms with Crippen LogP contribution in [0.4, 0.5) is 0 Å². The normalized spacial score (nSPS) is 13.4. The summed E-state index contributed by atoms with van der Waals surface area (Å²) in [6, 6.07) is 11.3. The van der Waals surface area contributed by atoms with E-state index in [-0.39, 0.29) is 5.41 Å². The van der Waals surface area contributed by atoms with Crippen LogP contribution in [0.5, 0.6) is 0 Å². The second kappa shape index (κ2) is 9.15. The summed E-state index contributed by atoms with van der Waals surface area (Å²) in [7, 11) is 1.78. The van der Waals surface area contributed by atoms with Gasteiger partial charge < -0.3 is 10.1 Å². The zero-order valence-electron chi connectivity index (χ0n) is 13.6. The minimum absolute atomic E-state index is 0.273. The first-order chi connectivity index (χ1) is 9.59. The highest BCUT2D eigenvalue weighted by Gasteiger charge is 2.20. The Kier molecular flexibility index (Phi) is 7.86. The fourth-order valence-electron chi connectivity index (χ4n) is 2.35. The molecular weight excluding hydrogens is 246 g/mol. The van der Waals surface area contributed by atoms with E-state index in [1.807, 2.05) is 0 Å². The zero-order chi connectivity index (χ0) is 14.8. The molecule has 1 aromatic carbocycles. The van der Waals surface area contributed by atoms with E-state index in [1.165, 1.54) is 24.8 Å². The molecule has 0 fully saturated rings. The minimum Gasteiger partial charge on any atom is -0.385 e. The van der Waals surface area contributed by atoms with Crippen LogP contribution in [-0.4, -0.2) is 20.3 Å². The smallest absolute Gasteiger partial charge is 0.0467 e. The van der Waals surface area contributed by atoms with Gasteiger partial charge in [-0.05, 0) is 23.8 Å². The van der Waals surface area contributed by atoms with E-state index in [9.17, 15) is 0 Å². The molecule has 0 saturated heterocycles. The first kappa shape index (κ1) is 17.2. The van der Waals surface area contributed by atoms with Crippen LogP contribution in [0.1, 0.15) is 58.1 Å². The van der Waals surface area contributed by atoms with Gasteiger partial charge in [0.05, 0.1) is 0 Å². The van der Waals surface area contributed by atoms with Crippen LogP contribution >= 0.6 is 0 Å². The summed E-state index contributed by atoms with van der Waals surface area (Å²) in [5.74, 6) is 0. The third kappa shape index (κ3) is 6.53. The van der Waals surface area contributed by atoms with Gasteiger partial charge in [-0.25, -0.2) is 0 Å². The Morgan fingerprint density at radius 3 is 2.50 bits per heavy atom. The Hall–Kier alpha value is -0.860. The SMILES string of the molecule is CCCCC(NCC(C)(C)CCOC)c1ccccc1. The lowest BCUT2D eigenvalue weighted by atomic mass is 9.88. The molecule has 114 valence electrons. The van der Waals surface area contributed by atoms with E-state index in [0.717, 1.165) is 19.6 Å². The maximum Gasteiger partial charge on any atom is 0.0467 e. The van der Waals surface area contributed by atoms with E-state index in [2.05, 4.69) is 56.4 Å². The fourth-order valence-corrected chi connectivity index (χ4v) is 2.35. The summed E-state index contributed by atoms with van der Waals surface area (Å²) in [5.41, 5.74) is 1.68.